The number of ether oxygens (including phenoxy) is 1. The number of aliphatic carboxylic acids is 1. The van der Waals surface area contributed by atoms with E-state index < -0.39 is 49.6 Å². The smallest absolute Gasteiger partial charge is 0.305 e. The second-order valence-electron chi connectivity index (χ2n) is 6.70. The first-order valence-corrected chi connectivity index (χ1v) is 9.50. The molecule has 0 aromatic carbocycles. The predicted octanol–water partition coefficient (Wildman–Crippen LogP) is -0.0489. The van der Waals surface area contributed by atoms with E-state index in [1.165, 1.54) is 0 Å². The Morgan fingerprint density at radius 1 is 0.704 bits per heavy atom. The molecule has 0 fully saturated rings. The van der Waals surface area contributed by atoms with Gasteiger partial charge in [0, 0.05) is 12.8 Å². The van der Waals surface area contributed by atoms with Crippen molar-refractivity contribution in [3.05, 3.63) is 0 Å². The van der Waals surface area contributed by atoms with Crippen LogP contribution in [0.3, 0.4) is 0 Å². The molecule has 0 amide bonds. The van der Waals surface area contributed by atoms with Crippen LogP contribution in [-0.4, -0.2) is 80.2 Å². The first-order valence-electron chi connectivity index (χ1n) is 9.50. The van der Waals surface area contributed by atoms with Crippen molar-refractivity contribution < 1.29 is 45.0 Å². The van der Waals surface area contributed by atoms with Gasteiger partial charge in [0.15, 0.2) is 0 Å². The van der Waals surface area contributed by atoms with Gasteiger partial charge in [-0.05, 0) is 12.8 Å². The molecule has 0 saturated carbocycles. The van der Waals surface area contributed by atoms with Crippen molar-refractivity contribution in [2.75, 3.05) is 13.2 Å². The van der Waals surface area contributed by atoms with E-state index in [9.17, 15) is 30.0 Å². The summed E-state index contributed by atoms with van der Waals surface area (Å²) in [6.07, 6.45) is 0.919. The van der Waals surface area contributed by atoms with Crippen molar-refractivity contribution in [3.63, 3.8) is 0 Å². The van der Waals surface area contributed by atoms with Crippen LogP contribution >= 0.6 is 0 Å². The van der Waals surface area contributed by atoms with Gasteiger partial charge in [-0.2, -0.15) is 0 Å². The lowest BCUT2D eigenvalue weighted by Crippen LogP contribution is -2.47. The molecular formula is C18H34O9. The Kier molecular flexibility index (Phi) is 15.0. The standard InChI is InChI=1S/C18H34O9/c19-11-13(20)17(25)18(26)14(21)12-27-16(24)10-8-6-4-2-1-3-5-7-9-15(22)23/h13-14,17-21,25-26H,1-12H2,(H,22,23). The number of carbonyl (C=O) groups is 2. The van der Waals surface area contributed by atoms with Crippen molar-refractivity contribution >= 4 is 11.9 Å². The van der Waals surface area contributed by atoms with E-state index >= 15 is 0 Å². The quantitative estimate of drug-likeness (QED) is 0.146. The van der Waals surface area contributed by atoms with Gasteiger partial charge in [0.05, 0.1) is 6.61 Å². The van der Waals surface area contributed by atoms with E-state index in [0.29, 0.717) is 12.8 Å². The molecule has 4 unspecified atom stereocenters. The molecule has 6 N–H and O–H groups in total. The van der Waals surface area contributed by atoms with Gasteiger partial charge in [-0.25, -0.2) is 0 Å². The Bertz CT molecular complexity index is 402. The SMILES string of the molecule is O=C(O)CCCCCCCCCCC(=O)OCC(O)C(O)C(O)C(O)CO. The number of rotatable bonds is 17. The number of hydrogen-bond donors (Lipinski definition) is 6. The zero-order valence-electron chi connectivity index (χ0n) is 15.7. The van der Waals surface area contributed by atoms with E-state index in [0.717, 1.165) is 38.5 Å². The maximum atomic E-state index is 11.6. The van der Waals surface area contributed by atoms with Gasteiger partial charge in [0.2, 0.25) is 0 Å². The van der Waals surface area contributed by atoms with Crippen molar-refractivity contribution in [2.24, 2.45) is 0 Å². The fraction of sp³-hybridized carbons (Fsp3) is 0.889. The summed E-state index contributed by atoms with van der Waals surface area (Å²) in [5, 5.41) is 55.1. The van der Waals surface area contributed by atoms with Crippen molar-refractivity contribution in [1.29, 1.82) is 0 Å². The fourth-order valence-electron chi connectivity index (χ4n) is 2.52. The van der Waals surface area contributed by atoms with Gasteiger partial charge in [-0.1, -0.05) is 38.5 Å². The molecule has 0 aliphatic carbocycles. The molecule has 160 valence electrons. The van der Waals surface area contributed by atoms with Crippen molar-refractivity contribution in [2.45, 2.75) is 88.6 Å². The number of carbonyl (C=O) groups excluding carboxylic acids is 1. The normalized spacial score (nSPS) is 15.7. The lowest BCUT2D eigenvalue weighted by Gasteiger charge is -2.25. The molecule has 0 aliphatic heterocycles. The predicted molar refractivity (Wildman–Crippen MR) is 95.9 cm³/mol. The summed E-state index contributed by atoms with van der Waals surface area (Å²) in [4.78, 5) is 21.9. The second-order valence-corrected chi connectivity index (χ2v) is 6.70. The topological polar surface area (TPSA) is 165 Å². The van der Waals surface area contributed by atoms with E-state index in [4.69, 9.17) is 14.9 Å². The Morgan fingerprint density at radius 3 is 1.63 bits per heavy atom. The highest BCUT2D eigenvalue weighted by molar-refractivity contribution is 5.69. The molecule has 0 radical (unpaired) electrons. The van der Waals surface area contributed by atoms with Crippen LogP contribution in [0.1, 0.15) is 64.2 Å². The molecule has 0 aromatic heterocycles. The maximum Gasteiger partial charge on any atom is 0.305 e. The molecule has 0 aromatic rings. The van der Waals surface area contributed by atoms with Gasteiger partial charge in [0.25, 0.3) is 0 Å². The number of unbranched alkanes of at least 4 members (excludes halogenated alkanes) is 7. The van der Waals surface area contributed by atoms with E-state index in [-0.39, 0.29) is 12.8 Å². The summed E-state index contributed by atoms with van der Waals surface area (Å²) >= 11 is 0. The zero-order chi connectivity index (χ0) is 20.7. The minimum Gasteiger partial charge on any atom is -0.481 e. The van der Waals surface area contributed by atoms with Crippen LogP contribution in [0.15, 0.2) is 0 Å². The lowest BCUT2D eigenvalue weighted by molar-refractivity contribution is -0.156. The molecule has 27 heavy (non-hydrogen) atoms. The van der Waals surface area contributed by atoms with Gasteiger partial charge < -0.3 is 35.4 Å². The summed E-state index contributed by atoms with van der Waals surface area (Å²) in [6, 6.07) is 0. The van der Waals surface area contributed by atoms with Crippen molar-refractivity contribution in [3.8, 4) is 0 Å². The fourth-order valence-corrected chi connectivity index (χ4v) is 2.52. The van der Waals surface area contributed by atoms with E-state index in [1.54, 1.807) is 0 Å². The minimum absolute atomic E-state index is 0.184. The minimum atomic E-state index is -1.74. The number of aliphatic hydroxyl groups is 5. The average molecular weight is 394 g/mol. The van der Waals surface area contributed by atoms with Gasteiger partial charge in [-0.3, -0.25) is 9.59 Å². The number of hydrogen-bond acceptors (Lipinski definition) is 8. The summed E-state index contributed by atoms with van der Waals surface area (Å²) in [5.74, 6) is -1.28. The highest BCUT2D eigenvalue weighted by Gasteiger charge is 2.30. The number of carboxylic acids is 1. The molecular weight excluding hydrogens is 360 g/mol. The summed E-state index contributed by atoms with van der Waals surface area (Å²) in [5.41, 5.74) is 0. The molecule has 9 nitrogen and oxygen atoms in total. The molecule has 9 heteroatoms. The molecule has 0 aliphatic rings. The van der Waals surface area contributed by atoms with Crippen LogP contribution in [-0.2, 0) is 14.3 Å². The van der Waals surface area contributed by atoms with Gasteiger partial charge >= 0.3 is 11.9 Å². The van der Waals surface area contributed by atoms with Gasteiger partial charge in [0.1, 0.15) is 31.0 Å². The Morgan fingerprint density at radius 2 is 1.15 bits per heavy atom. The highest BCUT2D eigenvalue weighted by Crippen LogP contribution is 2.11. The molecule has 0 heterocycles. The number of carboxylic acid groups (broad SMARTS) is 1. The van der Waals surface area contributed by atoms with Crippen LogP contribution in [0.25, 0.3) is 0 Å². The summed E-state index contributed by atoms with van der Waals surface area (Å²) < 4.78 is 4.83. The highest BCUT2D eigenvalue weighted by atomic mass is 16.5. The first-order chi connectivity index (χ1) is 12.8. The lowest BCUT2D eigenvalue weighted by atomic mass is 10.0. The van der Waals surface area contributed by atoms with E-state index in [2.05, 4.69) is 0 Å². The Balaban J connectivity index is 3.62. The van der Waals surface area contributed by atoms with Crippen LogP contribution in [0.4, 0.5) is 0 Å². The third-order valence-electron chi connectivity index (χ3n) is 4.26. The van der Waals surface area contributed by atoms with Crippen LogP contribution < -0.4 is 0 Å². The largest absolute Gasteiger partial charge is 0.481 e. The second kappa shape index (κ2) is 15.8. The Labute approximate surface area is 159 Å². The summed E-state index contributed by atoms with van der Waals surface area (Å²) in [7, 11) is 0. The maximum absolute atomic E-state index is 11.6. The van der Waals surface area contributed by atoms with Crippen LogP contribution in [0, 0.1) is 0 Å². The first kappa shape index (κ1) is 25.7. The van der Waals surface area contributed by atoms with Crippen molar-refractivity contribution in [1.82, 2.24) is 0 Å². The molecule has 0 spiro atoms. The number of aliphatic hydroxyl groups excluding tert-OH is 5. The van der Waals surface area contributed by atoms with E-state index in [1.807, 2.05) is 0 Å². The van der Waals surface area contributed by atoms with Crippen LogP contribution in [0.5, 0.6) is 0 Å². The third kappa shape index (κ3) is 13.5. The third-order valence-corrected chi connectivity index (χ3v) is 4.26. The summed E-state index contributed by atoms with van der Waals surface area (Å²) in [6.45, 7) is -1.28. The average Bonchev–Trinajstić information content (AvgIpc) is 2.65. The monoisotopic (exact) mass is 394 g/mol. The molecule has 0 bridgehead atoms. The molecule has 0 rings (SSSR count). The zero-order valence-corrected chi connectivity index (χ0v) is 15.7. The number of esters is 1. The Hall–Kier alpha value is -1.26. The van der Waals surface area contributed by atoms with Gasteiger partial charge in [-0.15, -0.1) is 0 Å². The van der Waals surface area contributed by atoms with Crippen LogP contribution in [0.2, 0.25) is 0 Å². The molecule has 0 saturated heterocycles. The molecule has 4 atom stereocenters.